The molecule has 0 saturated carbocycles. The van der Waals surface area contributed by atoms with Crippen LogP contribution in [0.2, 0.25) is 0 Å². The van der Waals surface area contributed by atoms with Gasteiger partial charge in [-0.3, -0.25) is 10.3 Å². The van der Waals surface area contributed by atoms with Crippen molar-refractivity contribution < 1.29 is 4.84 Å². The molecule has 1 unspecified atom stereocenters. The molecule has 0 aromatic carbocycles. The van der Waals surface area contributed by atoms with E-state index in [-0.39, 0.29) is 5.60 Å². The fourth-order valence-electron chi connectivity index (χ4n) is 1.08. The number of hydrogen-bond acceptors (Lipinski definition) is 4. The van der Waals surface area contributed by atoms with Gasteiger partial charge in [-0.25, -0.2) is 4.98 Å². The molecular weight excluding hydrogens is 172 g/mol. The molecule has 0 bridgehead atoms. The highest BCUT2D eigenvalue weighted by molar-refractivity contribution is 7.09. The molecule has 4 heteroatoms. The topological polar surface area (TPSA) is 34.1 Å². The first-order chi connectivity index (χ1) is 5.71. The van der Waals surface area contributed by atoms with Crippen molar-refractivity contribution in [2.24, 2.45) is 0 Å². The molecule has 1 aromatic heterocycles. The van der Waals surface area contributed by atoms with E-state index in [4.69, 9.17) is 4.84 Å². The third-order valence-electron chi connectivity index (χ3n) is 1.78. The maximum absolute atomic E-state index is 5.33. The van der Waals surface area contributed by atoms with E-state index in [1.54, 1.807) is 17.5 Å². The van der Waals surface area contributed by atoms with Crippen LogP contribution in [0.3, 0.4) is 0 Å². The van der Waals surface area contributed by atoms with Crippen molar-refractivity contribution in [3.05, 3.63) is 28.4 Å². The highest BCUT2D eigenvalue weighted by Crippen LogP contribution is 2.30. The molecule has 0 radical (unpaired) electrons. The summed E-state index contributed by atoms with van der Waals surface area (Å²) in [6, 6.07) is 0. The van der Waals surface area contributed by atoms with Crippen LogP contribution in [0.25, 0.3) is 0 Å². The number of thiazole rings is 1. The van der Waals surface area contributed by atoms with Gasteiger partial charge >= 0.3 is 0 Å². The van der Waals surface area contributed by atoms with Gasteiger partial charge in [0.25, 0.3) is 0 Å². The molecule has 0 fully saturated rings. The SMILES string of the molecule is Cc1csc(C2(C)C=CNO2)n1. The van der Waals surface area contributed by atoms with Crippen LogP contribution in [-0.4, -0.2) is 4.98 Å². The van der Waals surface area contributed by atoms with Gasteiger partial charge in [0.05, 0.1) is 0 Å². The summed E-state index contributed by atoms with van der Waals surface area (Å²) in [7, 11) is 0. The van der Waals surface area contributed by atoms with E-state index >= 15 is 0 Å². The lowest BCUT2D eigenvalue weighted by atomic mass is 10.1. The summed E-state index contributed by atoms with van der Waals surface area (Å²) >= 11 is 1.62. The molecule has 64 valence electrons. The molecule has 0 aliphatic carbocycles. The van der Waals surface area contributed by atoms with Crippen molar-refractivity contribution >= 4 is 11.3 Å². The Kier molecular flexibility index (Phi) is 1.66. The number of hydroxylamine groups is 1. The first kappa shape index (κ1) is 7.76. The predicted molar refractivity (Wildman–Crippen MR) is 47.6 cm³/mol. The summed E-state index contributed by atoms with van der Waals surface area (Å²) in [6.07, 6.45) is 3.75. The van der Waals surface area contributed by atoms with Gasteiger partial charge in [-0.05, 0) is 19.9 Å². The lowest BCUT2D eigenvalue weighted by molar-refractivity contribution is -0.0281. The quantitative estimate of drug-likeness (QED) is 0.718. The second-order valence-electron chi connectivity index (χ2n) is 2.95. The zero-order valence-electron chi connectivity index (χ0n) is 7.00. The van der Waals surface area contributed by atoms with E-state index in [0.717, 1.165) is 10.7 Å². The molecule has 0 amide bonds. The summed E-state index contributed by atoms with van der Waals surface area (Å²) in [5, 5.41) is 3.01. The maximum Gasteiger partial charge on any atom is 0.164 e. The Morgan fingerprint density at radius 2 is 2.50 bits per heavy atom. The Labute approximate surface area is 75.0 Å². The summed E-state index contributed by atoms with van der Waals surface area (Å²) in [6.45, 7) is 3.97. The second-order valence-corrected chi connectivity index (χ2v) is 3.81. The molecule has 12 heavy (non-hydrogen) atoms. The molecule has 0 spiro atoms. The van der Waals surface area contributed by atoms with E-state index in [1.165, 1.54) is 0 Å². The highest BCUT2D eigenvalue weighted by Gasteiger charge is 2.31. The monoisotopic (exact) mass is 182 g/mol. The van der Waals surface area contributed by atoms with E-state index in [1.807, 2.05) is 25.3 Å². The minimum absolute atomic E-state index is 0.376. The van der Waals surface area contributed by atoms with Crippen LogP contribution in [-0.2, 0) is 10.4 Å². The van der Waals surface area contributed by atoms with Gasteiger partial charge < -0.3 is 0 Å². The first-order valence-electron chi connectivity index (χ1n) is 3.74. The lowest BCUT2D eigenvalue weighted by Crippen LogP contribution is -2.22. The number of nitrogens with zero attached hydrogens (tertiary/aromatic N) is 1. The van der Waals surface area contributed by atoms with Gasteiger partial charge in [0, 0.05) is 17.3 Å². The maximum atomic E-state index is 5.33. The third-order valence-corrected chi connectivity index (χ3v) is 2.96. The van der Waals surface area contributed by atoms with Crippen LogP contribution in [0, 0.1) is 6.92 Å². The van der Waals surface area contributed by atoms with Crippen molar-refractivity contribution in [2.75, 3.05) is 0 Å². The fraction of sp³-hybridized carbons (Fsp3) is 0.375. The van der Waals surface area contributed by atoms with Crippen molar-refractivity contribution in [2.45, 2.75) is 19.4 Å². The van der Waals surface area contributed by atoms with Gasteiger partial charge in [-0.15, -0.1) is 11.3 Å². The molecule has 1 aromatic rings. The smallest absolute Gasteiger partial charge is 0.164 e. The molecule has 1 N–H and O–H groups in total. The van der Waals surface area contributed by atoms with Gasteiger partial charge in [0.15, 0.2) is 5.60 Å². The Hall–Kier alpha value is -0.870. The van der Waals surface area contributed by atoms with Crippen LogP contribution >= 0.6 is 11.3 Å². The number of hydrogen-bond donors (Lipinski definition) is 1. The minimum atomic E-state index is -0.376. The summed E-state index contributed by atoms with van der Waals surface area (Å²) in [5.41, 5.74) is 3.37. The Morgan fingerprint density at radius 3 is 3.00 bits per heavy atom. The van der Waals surface area contributed by atoms with E-state index in [0.29, 0.717) is 0 Å². The molecule has 1 aliphatic rings. The van der Waals surface area contributed by atoms with Gasteiger partial charge in [0.1, 0.15) is 5.01 Å². The average Bonchev–Trinajstić information content (AvgIpc) is 2.59. The van der Waals surface area contributed by atoms with Crippen molar-refractivity contribution in [3.8, 4) is 0 Å². The number of aromatic nitrogens is 1. The van der Waals surface area contributed by atoms with Crippen molar-refractivity contribution in [3.63, 3.8) is 0 Å². The molecule has 3 nitrogen and oxygen atoms in total. The zero-order valence-corrected chi connectivity index (χ0v) is 7.81. The zero-order chi connectivity index (χ0) is 8.60. The Balaban J connectivity index is 2.35. The molecular formula is C8H10N2OS. The summed E-state index contributed by atoms with van der Waals surface area (Å²) in [4.78, 5) is 9.69. The normalized spacial score (nSPS) is 27.5. The van der Waals surface area contributed by atoms with Crippen LogP contribution in [0.4, 0.5) is 0 Å². The van der Waals surface area contributed by atoms with Gasteiger partial charge in [-0.1, -0.05) is 0 Å². The van der Waals surface area contributed by atoms with Crippen molar-refractivity contribution in [1.29, 1.82) is 0 Å². The van der Waals surface area contributed by atoms with Crippen LogP contribution in [0.15, 0.2) is 17.7 Å². The third kappa shape index (κ3) is 1.13. The van der Waals surface area contributed by atoms with Crippen LogP contribution < -0.4 is 5.48 Å². The molecule has 2 heterocycles. The van der Waals surface area contributed by atoms with E-state index < -0.39 is 0 Å². The predicted octanol–water partition coefficient (Wildman–Crippen LogP) is 1.72. The largest absolute Gasteiger partial charge is 0.273 e. The van der Waals surface area contributed by atoms with E-state index in [2.05, 4.69) is 10.5 Å². The van der Waals surface area contributed by atoms with Crippen LogP contribution in [0.5, 0.6) is 0 Å². The molecule has 2 rings (SSSR count). The minimum Gasteiger partial charge on any atom is -0.273 e. The Bertz CT molecular complexity index is 321. The van der Waals surface area contributed by atoms with E-state index in [9.17, 15) is 0 Å². The molecule has 0 saturated heterocycles. The Morgan fingerprint density at radius 1 is 1.67 bits per heavy atom. The standard InChI is InChI=1S/C8H10N2OS/c1-6-5-12-7(10-6)8(2)3-4-9-11-8/h3-5,9H,1-2H3. The van der Waals surface area contributed by atoms with Gasteiger partial charge in [-0.2, -0.15) is 0 Å². The highest BCUT2D eigenvalue weighted by atomic mass is 32.1. The number of rotatable bonds is 1. The summed E-state index contributed by atoms with van der Waals surface area (Å²) < 4.78 is 0. The average molecular weight is 182 g/mol. The molecule has 1 aliphatic heterocycles. The fourth-order valence-corrected chi connectivity index (χ4v) is 1.96. The van der Waals surface area contributed by atoms with Gasteiger partial charge in [0.2, 0.25) is 0 Å². The number of aryl methyl sites for hydroxylation is 1. The van der Waals surface area contributed by atoms with Crippen molar-refractivity contribution in [1.82, 2.24) is 10.5 Å². The summed E-state index contributed by atoms with van der Waals surface area (Å²) in [5.74, 6) is 0. The first-order valence-corrected chi connectivity index (χ1v) is 4.62. The second kappa shape index (κ2) is 2.57. The number of nitrogens with one attached hydrogen (secondary N) is 1. The van der Waals surface area contributed by atoms with Crippen LogP contribution in [0.1, 0.15) is 17.6 Å². The lowest BCUT2D eigenvalue weighted by Gasteiger charge is -2.16. The molecule has 1 atom stereocenters.